The molecule has 15 heteroatoms. The largest absolute Gasteiger partial charge is 0.507 e. The molecule has 6 rings (SSSR count). The Morgan fingerprint density at radius 3 is 2.54 bits per heavy atom. The Morgan fingerprint density at radius 2 is 1.84 bits per heavy atom. The second kappa shape index (κ2) is 13.7. The molecule has 14 nitrogen and oxygen atoms in total. The molecular formula is C35H33ClN4O10. The first kappa shape index (κ1) is 34.2. The van der Waals surface area contributed by atoms with Crippen molar-refractivity contribution in [2.45, 2.75) is 37.7 Å². The van der Waals surface area contributed by atoms with E-state index in [4.69, 9.17) is 35.1 Å². The number of aliphatic hydroxyl groups is 1. The van der Waals surface area contributed by atoms with Crippen molar-refractivity contribution >= 4 is 29.1 Å². The smallest absolute Gasteiger partial charge is 0.231 e. The first-order chi connectivity index (χ1) is 24.0. The molecule has 3 heterocycles. The van der Waals surface area contributed by atoms with E-state index in [0.717, 1.165) is 0 Å². The van der Waals surface area contributed by atoms with Crippen molar-refractivity contribution in [1.82, 2.24) is 20.4 Å². The van der Waals surface area contributed by atoms with Crippen molar-refractivity contribution in [1.29, 1.82) is 0 Å². The molecule has 3 unspecified atom stereocenters. The standard InChI is InChI=1S/C35H33ClN4O10/c1-17-13-22(42)28(32(44)35(17)33(45)29-24(47-3)16-25(48-4)30(36)31(29)49-35)19(18-8-9-21(41)23(14-18)46-2)15-26(43)38-12-10-27-39-34(40-50-27)20-7-5-6-11-37-20/h5-9,11,14,16-17,19,41,44H,10,12-13,15H2,1-4H3,(H,38,43). The summed E-state index contributed by atoms with van der Waals surface area (Å²) >= 11 is 6.58. The van der Waals surface area contributed by atoms with E-state index in [9.17, 15) is 24.6 Å². The third-order valence-electron chi connectivity index (χ3n) is 8.88. The van der Waals surface area contributed by atoms with Crippen LogP contribution in [0.1, 0.15) is 47.5 Å². The number of allylic oxidation sites excluding steroid dienone is 1. The number of hydrogen-bond acceptors (Lipinski definition) is 13. The molecule has 0 saturated carbocycles. The molecule has 2 aliphatic rings. The number of rotatable bonds is 11. The molecule has 0 fully saturated rings. The SMILES string of the molecule is COc1cc(C(CC(=O)NCCc2nc(-c3ccccn3)no2)C2=C(O)C3(Oc4c(Cl)c(OC)cc(OC)c4C3=O)C(C)CC2=O)ccc1O. The molecular weight excluding hydrogens is 672 g/mol. The summed E-state index contributed by atoms with van der Waals surface area (Å²) in [4.78, 5) is 50.2. The van der Waals surface area contributed by atoms with Gasteiger partial charge in [0.25, 0.3) is 0 Å². The number of fused-ring (bicyclic) bond motifs is 1. The number of ketones is 2. The average Bonchev–Trinajstić information content (AvgIpc) is 3.71. The van der Waals surface area contributed by atoms with Gasteiger partial charge in [-0.15, -0.1) is 0 Å². The molecule has 3 N–H and O–H groups in total. The van der Waals surface area contributed by atoms with Gasteiger partial charge in [0.15, 0.2) is 28.8 Å². The van der Waals surface area contributed by atoms with E-state index in [1.54, 1.807) is 31.3 Å². The van der Waals surface area contributed by atoms with Gasteiger partial charge in [0.2, 0.25) is 29.0 Å². The van der Waals surface area contributed by atoms with E-state index in [2.05, 4.69) is 20.4 Å². The fourth-order valence-corrected chi connectivity index (χ4v) is 6.62. The highest BCUT2D eigenvalue weighted by Crippen LogP contribution is 2.56. The van der Waals surface area contributed by atoms with Gasteiger partial charge in [0.05, 0.1) is 21.3 Å². The molecule has 1 aliphatic carbocycles. The van der Waals surface area contributed by atoms with Crippen LogP contribution in [0.15, 0.2) is 64.5 Å². The predicted molar refractivity (Wildman–Crippen MR) is 177 cm³/mol. The molecule has 0 bridgehead atoms. The third kappa shape index (κ3) is 5.85. The van der Waals surface area contributed by atoms with Crippen molar-refractivity contribution < 1.29 is 48.1 Å². The number of aromatic nitrogens is 3. The Labute approximate surface area is 291 Å². The van der Waals surface area contributed by atoms with Gasteiger partial charge in [-0.05, 0) is 29.8 Å². The maximum Gasteiger partial charge on any atom is 0.231 e. The number of ether oxygens (including phenoxy) is 4. The number of methoxy groups -OCH3 is 3. The molecule has 2 aromatic heterocycles. The van der Waals surface area contributed by atoms with Gasteiger partial charge in [0, 0.05) is 55.5 Å². The molecule has 1 spiro atoms. The van der Waals surface area contributed by atoms with Crippen LogP contribution in [-0.2, 0) is 16.0 Å². The number of aromatic hydroxyl groups is 1. The number of carbonyl (C=O) groups excluding carboxylic acids is 3. The molecule has 1 amide bonds. The molecule has 0 radical (unpaired) electrons. The van der Waals surface area contributed by atoms with Crippen LogP contribution < -0.4 is 24.3 Å². The number of nitrogens with zero attached hydrogens (tertiary/aromatic N) is 3. The second-order valence-electron chi connectivity index (χ2n) is 11.8. The summed E-state index contributed by atoms with van der Waals surface area (Å²) in [6.45, 7) is 1.71. The molecule has 3 atom stereocenters. The molecule has 1 aliphatic heterocycles. The maximum absolute atomic E-state index is 14.3. The lowest BCUT2D eigenvalue weighted by atomic mass is 9.69. The minimum Gasteiger partial charge on any atom is -0.507 e. The molecule has 4 aromatic rings. The lowest BCUT2D eigenvalue weighted by molar-refractivity contribution is -0.121. The minimum absolute atomic E-state index is 0.0143. The predicted octanol–water partition coefficient (Wildman–Crippen LogP) is 4.78. The Balaban J connectivity index is 1.34. The van der Waals surface area contributed by atoms with Crippen LogP contribution >= 0.6 is 11.6 Å². The highest BCUT2D eigenvalue weighted by Gasteiger charge is 2.61. The number of hydrogen-bond donors (Lipinski definition) is 3. The zero-order valence-corrected chi connectivity index (χ0v) is 28.2. The number of phenolic OH excluding ortho intramolecular Hbond substituents is 1. The summed E-state index contributed by atoms with van der Waals surface area (Å²) in [5.41, 5.74) is -1.40. The zero-order valence-electron chi connectivity index (χ0n) is 27.5. The summed E-state index contributed by atoms with van der Waals surface area (Å²) in [5.74, 6) is -3.58. The molecule has 0 saturated heterocycles. The lowest BCUT2D eigenvalue weighted by Crippen LogP contribution is -2.53. The van der Waals surface area contributed by atoms with E-state index >= 15 is 0 Å². The second-order valence-corrected chi connectivity index (χ2v) is 12.1. The van der Waals surface area contributed by atoms with Crippen LogP contribution in [0.4, 0.5) is 0 Å². The number of phenols is 1. The number of aliphatic hydroxyl groups excluding tert-OH is 1. The van der Waals surface area contributed by atoms with Gasteiger partial charge in [-0.25, -0.2) is 0 Å². The zero-order chi connectivity index (χ0) is 35.7. The fraction of sp³-hybridized carbons (Fsp3) is 0.314. The number of nitrogens with one attached hydrogen (secondary N) is 1. The monoisotopic (exact) mass is 704 g/mol. The van der Waals surface area contributed by atoms with E-state index in [1.165, 1.54) is 45.6 Å². The summed E-state index contributed by atoms with van der Waals surface area (Å²) in [5, 5.41) is 29.1. The molecule has 2 aromatic carbocycles. The van der Waals surface area contributed by atoms with Crippen LogP contribution in [0.25, 0.3) is 11.5 Å². The van der Waals surface area contributed by atoms with Gasteiger partial charge < -0.3 is 39.0 Å². The highest BCUT2D eigenvalue weighted by molar-refractivity contribution is 6.35. The quantitative estimate of drug-likeness (QED) is 0.193. The summed E-state index contributed by atoms with van der Waals surface area (Å²) in [6, 6.07) is 11.0. The number of pyridine rings is 1. The normalized spacial score (nSPS) is 18.9. The number of Topliss-reactive ketones (excluding diaryl/α,β-unsaturated/α-hetero) is 2. The van der Waals surface area contributed by atoms with Crippen LogP contribution in [0.5, 0.6) is 28.7 Å². The van der Waals surface area contributed by atoms with Crippen molar-refractivity contribution in [3.63, 3.8) is 0 Å². The number of carbonyl (C=O) groups is 3. The van der Waals surface area contributed by atoms with Crippen molar-refractivity contribution in [3.8, 4) is 40.3 Å². The van der Waals surface area contributed by atoms with E-state index in [-0.39, 0.29) is 76.6 Å². The molecule has 260 valence electrons. The van der Waals surface area contributed by atoms with E-state index in [0.29, 0.717) is 17.1 Å². The van der Waals surface area contributed by atoms with Crippen LogP contribution in [0.3, 0.4) is 0 Å². The third-order valence-corrected chi connectivity index (χ3v) is 9.24. The number of halogens is 1. The summed E-state index contributed by atoms with van der Waals surface area (Å²) < 4.78 is 27.7. The van der Waals surface area contributed by atoms with Gasteiger partial charge in [-0.3, -0.25) is 19.4 Å². The Bertz CT molecular complexity index is 2010. The lowest BCUT2D eigenvalue weighted by Gasteiger charge is -2.38. The number of amides is 1. The van der Waals surface area contributed by atoms with E-state index in [1.807, 2.05) is 0 Å². The first-order valence-electron chi connectivity index (χ1n) is 15.6. The highest BCUT2D eigenvalue weighted by atomic mass is 35.5. The molecule has 50 heavy (non-hydrogen) atoms. The van der Waals surface area contributed by atoms with Crippen molar-refractivity contribution in [2.75, 3.05) is 27.9 Å². The van der Waals surface area contributed by atoms with Crippen LogP contribution in [0.2, 0.25) is 5.02 Å². The van der Waals surface area contributed by atoms with Crippen molar-refractivity contribution in [2.24, 2.45) is 5.92 Å². The Morgan fingerprint density at radius 1 is 1.08 bits per heavy atom. The maximum atomic E-state index is 14.3. The Kier molecular flexibility index (Phi) is 9.39. The summed E-state index contributed by atoms with van der Waals surface area (Å²) in [7, 11) is 4.10. The van der Waals surface area contributed by atoms with Crippen LogP contribution in [0, 0.1) is 5.92 Å². The van der Waals surface area contributed by atoms with E-state index < -0.39 is 40.7 Å². The van der Waals surface area contributed by atoms with Crippen LogP contribution in [-0.4, -0.2) is 76.3 Å². The van der Waals surface area contributed by atoms with Crippen molar-refractivity contribution in [3.05, 3.63) is 82.0 Å². The van der Waals surface area contributed by atoms with Gasteiger partial charge >= 0.3 is 0 Å². The van der Waals surface area contributed by atoms with Gasteiger partial charge in [-0.2, -0.15) is 4.98 Å². The average molecular weight is 705 g/mol. The number of benzene rings is 2. The fourth-order valence-electron chi connectivity index (χ4n) is 6.36. The first-order valence-corrected chi connectivity index (χ1v) is 15.9. The summed E-state index contributed by atoms with van der Waals surface area (Å²) in [6.07, 6.45) is 1.25. The van der Waals surface area contributed by atoms with Gasteiger partial charge in [0.1, 0.15) is 27.8 Å². The van der Waals surface area contributed by atoms with Gasteiger partial charge in [-0.1, -0.05) is 35.8 Å². The topological polar surface area (TPSA) is 192 Å². The minimum atomic E-state index is -2.06. The Hall–Kier alpha value is -5.63.